The van der Waals surface area contributed by atoms with Gasteiger partial charge in [-0.05, 0) is 36.4 Å². The highest BCUT2D eigenvalue weighted by Crippen LogP contribution is 2.18. The van der Waals surface area contributed by atoms with Crippen LogP contribution in [0.15, 0.2) is 67.3 Å². The van der Waals surface area contributed by atoms with Crippen molar-refractivity contribution < 1.29 is 9.53 Å². The highest BCUT2D eigenvalue weighted by atomic mass is 16.5. The van der Waals surface area contributed by atoms with E-state index >= 15 is 0 Å². The molecule has 0 atom stereocenters. The molecule has 8 nitrogen and oxygen atoms in total. The summed E-state index contributed by atoms with van der Waals surface area (Å²) in [6, 6.07) is 13.5. The van der Waals surface area contributed by atoms with Gasteiger partial charge in [0.15, 0.2) is 0 Å². The lowest BCUT2D eigenvalue weighted by Crippen LogP contribution is -2.36. The van der Waals surface area contributed by atoms with E-state index in [0.717, 1.165) is 43.3 Å². The van der Waals surface area contributed by atoms with Crippen molar-refractivity contribution in [2.24, 2.45) is 0 Å². The SMILES string of the molecule is O=C(Nc1cnn(Cc2cn3ccccc3n2)c1)c1ccc(N2CCOCC2)cc1. The van der Waals surface area contributed by atoms with E-state index in [9.17, 15) is 4.79 Å². The number of carbonyl (C=O) groups excluding carboxylic acids is 1. The van der Waals surface area contributed by atoms with E-state index in [-0.39, 0.29) is 5.91 Å². The summed E-state index contributed by atoms with van der Waals surface area (Å²) in [5.41, 5.74) is 4.17. The monoisotopic (exact) mass is 402 g/mol. The summed E-state index contributed by atoms with van der Waals surface area (Å²) in [4.78, 5) is 19.4. The number of anilines is 2. The summed E-state index contributed by atoms with van der Waals surface area (Å²) in [7, 11) is 0. The Bertz CT molecular complexity index is 1120. The maximum atomic E-state index is 12.6. The molecule has 4 heterocycles. The number of rotatable bonds is 5. The number of nitrogens with zero attached hydrogens (tertiary/aromatic N) is 5. The van der Waals surface area contributed by atoms with Crippen LogP contribution < -0.4 is 10.2 Å². The molecule has 0 saturated carbocycles. The van der Waals surface area contributed by atoms with Crippen molar-refractivity contribution in [3.63, 3.8) is 0 Å². The molecule has 0 radical (unpaired) electrons. The molecule has 0 bridgehead atoms. The van der Waals surface area contributed by atoms with Crippen molar-refractivity contribution in [2.75, 3.05) is 36.5 Å². The fourth-order valence-corrected chi connectivity index (χ4v) is 3.59. The van der Waals surface area contributed by atoms with E-state index in [1.54, 1.807) is 10.9 Å². The second-order valence-corrected chi connectivity index (χ2v) is 7.23. The Morgan fingerprint density at radius 3 is 2.70 bits per heavy atom. The van der Waals surface area contributed by atoms with E-state index < -0.39 is 0 Å². The number of amides is 1. The minimum absolute atomic E-state index is 0.157. The molecule has 1 fully saturated rings. The van der Waals surface area contributed by atoms with Gasteiger partial charge < -0.3 is 19.4 Å². The molecule has 1 aliphatic heterocycles. The van der Waals surface area contributed by atoms with Gasteiger partial charge in [0, 0.05) is 42.9 Å². The molecule has 0 unspecified atom stereocenters. The molecule has 1 saturated heterocycles. The van der Waals surface area contributed by atoms with Crippen LogP contribution in [0.2, 0.25) is 0 Å². The number of morpholine rings is 1. The van der Waals surface area contributed by atoms with Gasteiger partial charge in [0.1, 0.15) is 5.65 Å². The Labute approximate surface area is 173 Å². The largest absolute Gasteiger partial charge is 0.378 e. The van der Waals surface area contributed by atoms with Gasteiger partial charge in [0.05, 0.1) is 37.3 Å². The molecular weight excluding hydrogens is 380 g/mol. The molecule has 8 heteroatoms. The summed E-state index contributed by atoms with van der Waals surface area (Å²) >= 11 is 0. The number of benzene rings is 1. The van der Waals surface area contributed by atoms with Crippen LogP contribution in [0.3, 0.4) is 0 Å². The number of imidazole rings is 1. The Morgan fingerprint density at radius 1 is 1.07 bits per heavy atom. The van der Waals surface area contributed by atoms with Crippen LogP contribution in [0.4, 0.5) is 11.4 Å². The van der Waals surface area contributed by atoms with Gasteiger partial charge in [-0.1, -0.05) is 6.07 Å². The Morgan fingerprint density at radius 2 is 1.90 bits per heavy atom. The molecule has 5 rings (SSSR count). The molecule has 0 aliphatic carbocycles. The van der Waals surface area contributed by atoms with Crippen LogP contribution in [0.1, 0.15) is 16.1 Å². The number of hydrogen-bond donors (Lipinski definition) is 1. The predicted octanol–water partition coefficient (Wildman–Crippen LogP) is 2.67. The topological polar surface area (TPSA) is 76.7 Å². The minimum atomic E-state index is -0.157. The highest BCUT2D eigenvalue weighted by Gasteiger charge is 2.13. The summed E-state index contributed by atoms with van der Waals surface area (Å²) < 4.78 is 9.12. The van der Waals surface area contributed by atoms with Crippen molar-refractivity contribution in [1.82, 2.24) is 19.2 Å². The maximum Gasteiger partial charge on any atom is 0.255 e. The molecule has 30 heavy (non-hydrogen) atoms. The van der Waals surface area contributed by atoms with Crippen LogP contribution in [-0.2, 0) is 11.3 Å². The molecule has 1 aliphatic rings. The Balaban J connectivity index is 1.22. The molecule has 1 amide bonds. The predicted molar refractivity (Wildman–Crippen MR) is 114 cm³/mol. The zero-order valence-electron chi connectivity index (χ0n) is 16.4. The first-order valence-electron chi connectivity index (χ1n) is 9.94. The number of hydrogen-bond acceptors (Lipinski definition) is 5. The summed E-state index contributed by atoms with van der Waals surface area (Å²) in [6.45, 7) is 3.75. The van der Waals surface area contributed by atoms with E-state index in [2.05, 4.69) is 20.3 Å². The van der Waals surface area contributed by atoms with E-state index in [1.165, 1.54) is 0 Å². The Kier molecular flexibility index (Phi) is 4.90. The number of aromatic nitrogens is 4. The second-order valence-electron chi connectivity index (χ2n) is 7.23. The van der Waals surface area contributed by atoms with Crippen LogP contribution in [0.5, 0.6) is 0 Å². The Hall–Kier alpha value is -3.65. The van der Waals surface area contributed by atoms with Crippen molar-refractivity contribution in [3.8, 4) is 0 Å². The van der Waals surface area contributed by atoms with Crippen molar-refractivity contribution >= 4 is 22.9 Å². The van der Waals surface area contributed by atoms with Gasteiger partial charge in [-0.3, -0.25) is 9.48 Å². The number of nitrogens with one attached hydrogen (secondary N) is 1. The third-order valence-corrected chi connectivity index (χ3v) is 5.13. The van der Waals surface area contributed by atoms with Crippen molar-refractivity contribution in [3.05, 3.63) is 78.5 Å². The lowest BCUT2D eigenvalue weighted by atomic mass is 10.1. The van der Waals surface area contributed by atoms with E-state index in [4.69, 9.17) is 4.74 Å². The lowest BCUT2D eigenvalue weighted by molar-refractivity contribution is 0.102. The first-order chi connectivity index (χ1) is 14.7. The van der Waals surface area contributed by atoms with Gasteiger partial charge in [-0.2, -0.15) is 5.10 Å². The molecule has 152 valence electrons. The van der Waals surface area contributed by atoms with Gasteiger partial charge in [-0.25, -0.2) is 4.98 Å². The molecule has 3 aromatic heterocycles. The zero-order valence-corrected chi connectivity index (χ0v) is 16.4. The molecule has 0 spiro atoms. The number of fused-ring (bicyclic) bond motifs is 1. The summed E-state index contributed by atoms with van der Waals surface area (Å²) in [6.07, 6.45) is 7.40. The fourth-order valence-electron chi connectivity index (χ4n) is 3.59. The second kappa shape index (κ2) is 8.00. The smallest absolute Gasteiger partial charge is 0.255 e. The fraction of sp³-hybridized carbons (Fsp3) is 0.227. The minimum Gasteiger partial charge on any atom is -0.378 e. The normalized spacial score (nSPS) is 14.2. The van der Waals surface area contributed by atoms with Gasteiger partial charge in [-0.15, -0.1) is 0 Å². The number of pyridine rings is 1. The zero-order chi connectivity index (χ0) is 20.3. The number of carbonyl (C=O) groups is 1. The molecule has 4 aromatic rings. The van der Waals surface area contributed by atoms with Gasteiger partial charge in [0.2, 0.25) is 0 Å². The van der Waals surface area contributed by atoms with E-state index in [0.29, 0.717) is 17.8 Å². The van der Waals surface area contributed by atoms with Crippen LogP contribution >= 0.6 is 0 Å². The van der Waals surface area contributed by atoms with Crippen LogP contribution in [-0.4, -0.2) is 51.4 Å². The summed E-state index contributed by atoms with van der Waals surface area (Å²) in [5.74, 6) is -0.157. The number of ether oxygens (including phenoxy) is 1. The molecular formula is C22H22N6O2. The lowest BCUT2D eigenvalue weighted by Gasteiger charge is -2.28. The average molecular weight is 402 g/mol. The third-order valence-electron chi connectivity index (χ3n) is 5.13. The van der Waals surface area contributed by atoms with Crippen molar-refractivity contribution in [2.45, 2.75) is 6.54 Å². The maximum absolute atomic E-state index is 12.6. The molecule has 1 N–H and O–H groups in total. The standard InChI is InChI=1S/C22H22N6O2/c29-22(17-4-6-20(7-5-17)26-9-11-30-12-10-26)25-18-13-23-28(15-18)16-19-14-27-8-2-1-3-21(27)24-19/h1-8,13-15H,9-12,16H2,(H,25,29). The van der Waals surface area contributed by atoms with Gasteiger partial charge in [0.25, 0.3) is 5.91 Å². The van der Waals surface area contributed by atoms with Crippen molar-refractivity contribution in [1.29, 1.82) is 0 Å². The first-order valence-corrected chi connectivity index (χ1v) is 9.94. The van der Waals surface area contributed by atoms with Crippen LogP contribution in [0.25, 0.3) is 5.65 Å². The van der Waals surface area contributed by atoms with E-state index in [1.807, 2.05) is 65.5 Å². The average Bonchev–Trinajstić information content (AvgIpc) is 3.40. The highest BCUT2D eigenvalue weighted by molar-refractivity contribution is 6.04. The molecule has 1 aromatic carbocycles. The van der Waals surface area contributed by atoms with Crippen LogP contribution in [0, 0.1) is 0 Å². The quantitative estimate of drug-likeness (QED) is 0.555. The van der Waals surface area contributed by atoms with Gasteiger partial charge >= 0.3 is 0 Å². The third kappa shape index (κ3) is 3.90. The first kappa shape index (κ1) is 18.4. The summed E-state index contributed by atoms with van der Waals surface area (Å²) in [5, 5.41) is 7.25.